The third-order valence-corrected chi connectivity index (χ3v) is 17.4. The van der Waals surface area contributed by atoms with E-state index in [0.717, 1.165) is 82.6 Å². The number of carbonyl (C=O) groups excluding carboxylic acids is 3. The summed E-state index contributed by atoms with van der Waals surface area (Å²) in [6.45, 7) is 19.7. The van der Waals surface area contributed by atoms with Crippen molar-refractivity contribution in [1.82, 2.24) is 4.90 Å². The molecule has 290 valence electrons. The number of allylic oxidation sites excluding steroid dienone is 1. The van der Waals surface area contributed by atoms with Crippen LogP contribution >= 0.6 is 0 Å². The Labute approximate surface area is 312 Å². The number of hydrogen-bond donors (Lipinski definition) is 1. The van der Waals surface area contributed by atoms with E-state index >= 15 is 0 Å². The van der Waals surface area contributed by atoms with Gasteiger partial charge in [-0.05, 0) is 142 Å². The van der Waals surface area contributed by atoms with Crippen LogP contribution in [0, 0.1) is 56.7 Å². The van der Waals surface area contributed by atoms with Crippen LogP contribution in [0.3, 0.4) is 0 Å². The monoisotopic (exact) mass is 721 g/mol. The quantitative estimate of drug-likeness (QED) is 0.263. The lowest BCUT2D eigenvalue weighted by Gasteiger charge is -2.72. The number of ether oxygens (including phenoxy) is 2. The van der Waals surface area contributed by atoms with Crippen LogP contribution in [0.25, 0.3) is 0 Å². The molecule has 1 N–H and O–H groups in total. The molecule has 0 aromatic heterocycles. The lowest BCUT2D eigenvalue weighted by Crippen LogP contribution is -2.67. The smallest absolute Gasteiger partial charge is 0.309 e. The average Bonchev–Trinajstić information content (AvgIpc) is 3.56. The topological polar surface area (TPSA) is 110 Å². The van der Waals surface area contributed by atoms with E-state index in [1.807, 2.05) is 7.05 Å². The van der Waals surface area contributed by atoms with Gasteiger partial charge in [0.15, 0.2) is 5.78 Å². The highest BCUT2D eigenvalue weighted by atomic mass is 16.5. The number of fused-ring (bicyclic) bond motifs is 9. The van der Waals surface area contributed by atoms with Crippen LogP contribution in [-0.2, 0) is 28.7 Å². The highest BCUT2D eigenvalue weighted by Gasteiger charge is 2.71. The number of carbonyl (C=O) groups is 4. The molecule has 0 spiro atoms. The molecule has 10 atom stereocenters. The zero-order valence-corrected chi connectivity index (χ0v) is 33.9. The highest BCUT2D eigenvalue weighted by Crippen LogP contribution is 2.76. The van der Waals surface area contributed by atoms with Gasteiger partial charge in [-0.25, -0.2) is 0 Å². The summed E-state index contributed by atoms with van der Waals surface area (Å²) in [4.78, 5) is 55.6. The molecule has 0 radical (unpaired) electrons. The molecule has 1 amide bonds. The Kier molecular flexibility index (Phi) is 9.08. The van der Waals surface area contributed by atoms with E-state index in [9.17, 15) is 24.3 Å². The number of Topliss-reactive ketones (excluding diaryl/α,β-unsaturated/α-hetero) is 1. The van der Waals surface area contributed by atoms with Crippen LogP contribution in [0.2, 0.25) is 0 Å². The minimum atomic E-state index is -1.16. The Morgan fingerprint density at radius 1 is 0.885 bits per heavy atom. The first-order valence-corrected chi connectivity index (χ1v) is 20.8. The first-order valence-electron chi connectivity index (χ1n) is 20.8. The second-order valence-corrected chi connectivity index (χ2v) is 21.0. The molecular weight excluding hydrogens is 654 g/mol. The van der Waals surface area contributed by atoms with Crippen LogP contribution in [0.1, 0.15) is 152 Å². The van der Waals surface area contributed by atoms with Crippen molar-refractivity contribution < 1.29 is 33.8 Å². The molecule has 5 aliphatic carbocycles. The lowest BCUT2D eigenvalue weighted by atomic mass is 9.33. The average molecular weight is 722 g/mol. The van der Waals surface area contributed by atoms with Crippen molar-refractivity contribution in [2.75, 3.05) is 7.05 Å². The summed E-state index contributed by atoms with van der Waals surface area (Å²) >= 11 is 0. The molecule has 7 rings (SSSR count). The van der Waals surface area contributed by atoms with Crippen molar-refractivity contribution in [2.45, 2.75) is 176 Å². The zero-order chi connectivity index (χ0) is 38.0. The fourth-order valence-electron chi connectivity index (χ4n) is 14.4. The number of aliphatic carboxylic acids is 1. The van der Waals surface area contributed by atoms with E-state index in [4.69, 9.17) is 9.47 Å². The standard InChI is InChI=1S/C44H67NO7/c1-25(2)35-30(46)23-44(45(10)37(48)26-21-27-11-12-28(22-26)51-27)20-19-42(8)29(36(35)44)13-14-32-41(7)17-16-33(52-34(47)24-39(3,4)38(49)50)40(5,6)31(41)15-18-43(32,42)9/h25-29,31-33H,11-24H2,1-10H3,(H,49,50)/t26?,27?,28?,29?,31?,32?,33-,41-,42+,43+,44+/m0/s1. The zero-order valence-electron chi connectivity index (χ0n) is 33.9. The number of likely N-dealkylation sites (N-methyl/N-ethyl adjacent to an activating group) is 1. The van der Waals surface area contributed by atoms with Gasteiger partial charge in [-0.3, -0.25) is 19.2 Å². The van der Waals surface area contributed by atoms with Gasteiger partial charge in [0.2, 0.25) is 5.91 Å². The largest absolute Gasteiger partial charge is 0.481 e. The summed E-state index contributed by atoms with van der Waals surface area (Å²) in [5.74, 6) is 0.290. The van der Waals surface area contributed by atoms with Gasteiger partial charge in [0, 0.05) is 24.8 Å². The SMILES string of the molecule is CC(C)C1=C2C3CCC4[C@@]5(C)CC[C@H](OC(=O)CC(C)(C)C(=O)O)C(C)(C)C5CC[C@@]4(C)[C@]3(C)CC[C@@]2(N(C)C(=O)C2CC3CCC(C2)O3)CC1=O. The van der Waals surface area contributed by atoms with E-state index in [2.05, 4.69) is 53.4 Å². The van der Waals surface area contributed by atoms with E-state index < -0.39 is 22.9 Å². The first kappa shape index (κ1) is 38.1. The Morgan fingerprint density at radius 3 is 2.15 bits per heavy atom. The van der Waals surface area contributed by atoms with Crippen molar-refractivity contribution in [3.05, 3.63) is 11.1 Å². The number of esters is 1. The molecule has 6 fully saturated rings. The molecular formula is C44H67NO7. The normalized spacial score (nSPS) is 43.7. The Morgan fingerprint density at radius 2 is 1.54 bits per heavy atom. The van der Waals surface area contributed by atoms with Gasteiger partial charge in [0.25, 0.3) is 0 Å². The number of carboxylic acids is 1. The molecule has 8 heteroatoms. The Balaban J connectivity index is 1.17. The van der Waals surface area contributed by atoms with Crippen LogP contribution < -0.4 is 0 Å². The van der Waals surface area contributed by atoms with Gasteiger partial charge >= 0.3 is 11.9 Å². The third kappa shape index (κ3) is 5.35. The van der Waals surface area contributed by atoms with Crippen LogP contribution in [0.5, 0.6) is 0 Å². The van der Waals surface area contributed by atoms with Gasteiger partial charge < -0.3 is 19.5 Å². The number of hydrogen-bond acceptors (Lipinski definition) is 6. The van der Waals surface area contributed by atoms with Gasteiger partial charge in [-0.1, -0.05) is 48.5 Å². The molecule has 52 heavy (non-hydrogen) atoms. The summed E-state index contributed by atoms with van der Waals surface area (Å²) < 4.78 is 12.3. The molecule has 8 nitrogen and oxygen atoms in total. The fraction of sp³-hybridized carbons (Fsp3) is 0.864. The van der Waals surface area contributed by atoms with E-state index in [1.54, 1.807) is 13.8 Å². The minimum absolute atomic E-state index is 0.00889. The number of amides is 1. The second kappa shape index (κ2) is 12.4. The van der Waals surface area contributed by atoms with Crippen LogP contribution in [-0.4, -0.2) is 64.5 Å². The number of ketones is 1. The van der Waals surface area contributed by atoms with Crippen molar-refractivity contribution in [2.24, 2.45) is 56.7 Å². The Hall–Kier alpha value is -2.22. The maximum Gasteiger partial charge on any atom is 0.309 e. The van der Waals surface area contributed by atoms with E-state index in [-0.39, 0.29) is 75.8 Å². The summed E-state index contributed by atoms with van der Waals surface area (Å²) in [7, 11) is 2.02. The third-order valence-electron chi connectivity index (χ3n) is 17.4. The van der Waals surface area contributed by atoms with E-state index in [0.29, 0.717) is 18.3 Å². The van der Waals surface area contributed by atoms with Crippen LogP contribution in [0.4, 0.5) is 0 Å². The summed E-state index contributed by atoms with van der Waals surface area (Å²) in [6.07, 6.45) is 12.1. The number of rotatable bonds is 7. The lowest BCUT2D eigenvalue weighted by molar-refractivity contribution is -0.233. The van der Waals surface area contributed by atoms with Crippen LogP contribution in [0.15, 0.2) is 11.1 Å². The summed E-state index contributed by atoms with van der Waals surface area (Å²) in [6, 6.07) is 0. The first-order chi connectivity index (χ1) is 24.1. The summed E-state index contributed by atoms with van der Waals surface area (Å²) in [5, 5.41) is 9.62. The minimum Gasteiger partial charge on any atom is -0.481 e. The van der Waals surface area contributed by atoms with Crippen molar-refractivity contribution in [3.63, 3.8) is 0 Å². The predicted molar refractivity (Wildman–Crippen MR) is 199 cm³/mol. The molecule has 0 aromatic rings. The second-order valence-electron chi connectivity index (χ2n) is 21.0. The highest BCUT2D eigenvalue weighted by molar-refractivity contribution is 6.02. The van der Waals surface area contributed by atoms with Crippen molar-refractivity contribution in [3.8, 4) is 0 Å². The molecule has 4 saturated carbocycles. The number of nitrogens with zero attached hydrogens (tertiary/aromatic N) is 1. The molecule has 0 aromatic carbocycles. The molecule has 7 aliphatic rings. The molecule has 2 aliphatic heterocycles. The fourth-order valence-corrected chi connectivity index (χ4v) is 14.4. The maximum absolute atomic E-state index is 14.5. The van der Waals surface area contributed by atoms with Crippen molar-refractivity contribution in [1.29, 1.82) is 0 Å². The number of carboxylic acid groups (broad SMARTS) is 1. The molecule has 2 heterocycles. The molecule has 2 bridgehead atoms. The molecule has 2 saturated heterocycles. The maximum atomic E-state index is 14.5. The van der Waals surface area contributed by atoms with Crippen molar-refractivity contribution >= 4 is 23.6 Å². The van der Waals surface area contributed by atoms with E-state index in [1.165, 1.54) is 5.57 Å². The van der Waals surface area contributed by atoms with Gasteiger partial charge in [-0.15, -0.1) is 0 Å². The van der Waals surface area contributed by atoms with Gasteiger partial charge in [0.1, 0.15) is 6.10 Å². The van der Waals surface area contributed by atoms with Gasteiger partial charge in [-0.2, -0.15) is 0 Å². The Bertz CT molecular complexity index is 1550. The van der Waals surface area contributed by atoms with Gasteiger partial charge in [0.05, 0.1) is 29.6 Å². The molecule has 5 unspecified atom stereocenters. The summed E-state index contributed by atoms with van der Waals surface area (Å²) in [5.41, 5.74) is 0.515. The predicted octanol–water partition coefficient (Wildman–Crippen LogP) is 8.55.